The van der Waals surface area contributed by atoms with Gasteiger partial charge in [-0.2, -0.15) is 0 Å². The molecule has 154 valence electrons. The first-order valence-corrected chi connectivity index (χ1v) is 11.2. The van der Waals surface area contributed by atoms with E-state index in [4.69, 9.17) is 5.73 Å². The molecule has 1 aromatic carbocycles. The Kier molecular flexibility index (Phi) is 4.96. The largest absolute Gasteiger partial charge is 0.350 e. The van der Waals surface area contributed by atoms with E-state index in [0.29, 0.717) is 23.4 Å². The molecule has 2 atom stereocenters. The average Bonchev–Trinajstić information content (AvgIpc) is 3.34. The van der Waals surface area contributed by atoms with Gasteiger partial charge in [-0.05, 0) is 24.5 Å². The maximum absolute atomic E-state index is 13.2. The third kappa shape index (κ3) is 3.46. The number of aryl methyl sites for hydroxylation is 1. The number of nitrogens with zero attached hydrogens (tertiary/aromatic N) is 4. The van der Waals surface area contributed by atoms with Crippen LogP contribution in [0.1, 0.15) is 41.6 Å². The number of rotatable bonds is 5. The van der Waals surface area contributed by atoms with Gasteiger partial charge in [0, 0.05) is 30.9 Å². The first kappa shape index (κ1) is 19.1. The van der Waals surface area contributed by atoms with Gasteiger partial charge in [0.2, 0.25) is 5.95 Å². The smallest absolute Gasteiger partial charge is 0.223 e. The molecule has 7 nitrogen and oxygen atoms in total. The highest BCUT2D eigenvalue weighted by molar-refractivity contribution is 7.17. The average molecular weight is 421 g/mol. The van der Waals surface area contributed by atoms with Crippen LogP contribution in [0.3, 0.4) is 0 Å². The molecular formula is C22H24N6OS. The summed E-state index contributed by atoms with van der Waals surface area (Å²) in [5, 5.41) is 5.27. The fraction of sp³-hybridized carbons (Fsp3) is 0.364. The highest BCUT2D eigenvalue weighted by atomic mass is 32.1. The molecule has 0 aliphatic heterocycles. The second kappa shape index (κ2) is 7.77. The maximum atomic E-state index is 13.2. The van der Waals surface area contributed by atoms with Crippen LogP contribution in [0.2, 0.25) is 0 Å². The number of nitrogens with two attached hydrogens (primary N) is 1. The minimum Gasteiger partial charge on any atom is -0.350 e. The molecule has 1 fully saturated rings. The summed E-state index contributed by atoms with van der Waals surface area (Å²) in [4.78, 5) is 26.8. The summed E-state index contributed by atoms with van der Waals surface area (Å²) in [5.74, 6) is 0.586. The fourth-order valence-electron chi connectivity index (χ4n) is 4.23. The number of aromatic nitrogens is 4. The maximum Gasteiger partial charge on any atom is 0.223 e. The molecule has 4 aromatic rings. The van der Waals surface area contributed by atoms with Crippen molar-refractivity contribution in [3.05, 3.63) is 47.2 Å². The number of carbonyl (C=O) groups is 1. The number of benzene rings is 1. The Bertz CT molecular complexity index is 1230. The number of para-hydroxylation sites is 1. The molecule has 30 heavy (non-hydrogen) atoms. The van der Waals surface area contributed by atoms with E-state index in [9.17, 15) is 4.79 Å². The van der Waals surface area contributed by atoms with Crippen molar-refractivity contribution in [2.45, 2.75) is 44.2 Å². The van der Waals surface area contributed by atoms with Crippen molar-refractivity contribution in [1.82, 2.24) is 19.5 Å². The van der Waals surface area contributed by atoms with E-state index in [0.717, 1.165) is 40.6 Å². The lowest BCUT2D eigenvalue weighted by Crippen LogP contribution is -2.42. The lowest BCUT2D eigenvalue weighted by Gasteiger charge is -2.29. The molecular weight excluding hydrogens is 396 g/mol. The Hall–Kier alpha value is -2.84. The minimum atomic E-state index is 0.0402. The minimum absolute atomic E-state index is 0.0402. The van der Waals surface area contributed by atoms with Gasteiger partial charge in [0.1, 0.15) is 0 Å². The zero-order valence-corrected chi connectivity index (χ0v) is 17.7. The van der Waals surface area contributed by atoms with E-state index in [2.05, 4.69) is 20.3 Å². The second-order valence-corrected chi connectivity index (χ2v) is 8.91. The molecule has 0 saturated heterocycles. The number of hydrogen-bond donors (Lipinski definition) is 2. The van der Waals surface area contributed by atoms with Gasteiger partial charge in [0.25, 0.3) is 0 Å². The van der Waals surface area contributed by atoms with Crippen LogP contribution >= 0.6 is 11.3 Å². The first-order valence-electron chi connectivity index (χ1n) is 10.3. The zero-order chi connectivity index (χ0) is 20.7. The summed E-state index contributed by atoms with van der Waals surface area (Å²) in [6.07, 6.45) is 8.23. The van der Waals surface area contributed by atoms with E-state index in [-0.39, 0.29) is 17.9 Å². The molecule has 0 unspecified atom stereocenters. The third-order valence-corrected chi connectivity index (χ3v) is 6.84. The molecule has 5 rings (SSSR count). The van der Waals surface area contributed by atoms with Crippen LogP contribution in [0.15, 0.2) is 36.1 Å². The lowest BCUT2D eigenvalue weighted by atomic mass is 9.91. The van der Waals surface area contributed by atoms with Gasteiger partial charge >= 0.3 is 0 Å². The van der Waals surface area contributed by atoms with E-state index in [1.807, 2.05) is 35.2 Å². The Morgan fingerprint density at radius 3 is 3.00 bits per heavy atom. The Balaban J connectivity index is 1.42. The molecule has 0 radical (unpaired) electrons. The van der Waals surface area contributed by atoms with Crippen LogP contribution in [-0.2, 0) is 13.5 Å². The number of carbonyl (C=O) groups excluding carboxylic acids is 1. The highest BCUT2D eigenvalue weighted by Gasteiger charge is 2.23. The summed E-state index contributed by atoms with van der Waals surface area (Å²) in [6.45, 7) is 0. The third-order valence-electron chi connectivity index (χ3n) is 5.94. The Labute approximate surface area is 178 Å². The SMILES string of the molecule is Cn1cnc2c(CC(=O)c3csc4cnc(N[C@H]5CCCC[C@H]5N)nc34)cccc21. The zero-order valence-electron chi connectivity index (χ0n) is 16.8. The lowest BCUT2D eigenvalue weighted by molar-refractivity contribution is 0.0995. The molecule has 3 aromatic heterocycles. The normalized spacial score (nSPS) is 19.4. The first-order chi connectivity index (χ1) is 14.6. The second-order valence-electron chi connectivity index (χ2n) is 8.00. The predicted molar refractivity (Wildman–Crippen MR) is 120 cm³/mol. The van der Waals surface area contributed by atoms with E-state index < -0.39 is 0 Å². The van der Waals surface area contributed by atoms with Crippen LogP contribution in [0, 0.1) is 0 Å². The number of hydrogen-bond acceptors (Lipinski definition) is 7. The number of ketones is 1. The molecule has 3 N–H and O–H groups in total. The summed E-state index contributed by atoms with van der Waals surface area (Å²) in [6, 6.07) is 6.23. The predicted octanol–water partition coefficient (Wildman–Crippen LogP) is 3.69. The van der Waals surface area contributed by atoms with E-state index >= 15 is 0 Å². The molecule has 1 saturated carbocycles. The van der Waals surface area contributed by atoms with Crippen molar-refractivity contribution < 1.29 is 4.79 Å². The standard InChI is InChI=1S/C22H24N6OS/c1-28-12-25-20-13(5-4-8-17(20)28)9-18(29)14-11-30-19-10-24-22(27-21(14)19)26-16-7-3-2-6-15(16)23/h4-5,8,10-12,15-16H,2-3,6-7,9,23H2,1H3,(H,24,26,27)/t15-,16+/m1/s1. The van der Waals surface area contributed by atoms with Crippen molar-refractivity contribution >= 4 is 44.3 Å². The van der Waals surface area contributed by atoms with Crippen LogP contribution in [0.5, 0.6) is 0 Å². The van der Waals surface area contributed by atoms with Crippen LogP contribution in [0.25, 0.3) is 21.3 Å². The monoisotopic (exact) mass is 420 g/mol. The van der Waals surface area contributed by atoms with Crippen molar-refractivity contribution in [2.75, 3.05) is 5.32 Å². The van der Waals surface area contributed by atoms with Gasteiger partial charge in [-0.1, -0.05) is 25.0 Å². The number of Topliss-reactive ketones (excluding diaryl/α,β-unsaturated/α-hetero) is 1. The van der Waals surface area contributed by atoms with E-state index in [1.165, 1.54) is 17.8 Å². The summed E-state index contributed by atoms with van der Waals surface area (Å²) < 4.78 is 2.87. The Morgan fingerprint density at radius 1 is 1.27 bits per heavy atom. The quantitative estimate of drug-likeness (QED) is 0.478. The van der Waals surface area contributed by atoms with Gasteiger partial charge in [0.05, 0.1) is 39.3 Å². The van der Waals surface area contributed by atoms with Gasteiger partial charge in [-0.25, -0.2) is 15.0 Å². The summed E-state index contributed by atoms with van der Waals surface area (Å²) >= 11 is 1.50. The molecule has 1 aliphatic rings. The number of nitrogens with one attached hydrogen (secondary N) is 1. The van der Waals surface area contributed by atoms with Crippen LogP contribution in [-0.4, -0.2) is 37.4 Å². The molecule has 0 spiro atoms. The summed E-state index contributed by atoms with van der Waals surface area (Å²) in [5.41, 5.74) is 10.4. The number of thiophene rings is 1. The molecule has 8 heteroatoms. The number of anilines is 1. The molecule has 0 bridgehead atoms. The van der Waals surface area contributed by atoms with Crippen molar-refractivity contribution in [2.24, 2.45) is 12.8 Å². The molecule has 0 amide bonds. The van der Waals surface area contributed by atoms with Crippen molar-refractivity contribution in [1.29, 1.82) is 0 Å². The van der Waals surface area contributed by atoms with Gasteiger partial charge in [-0.15, -0.1) is 11.3 Å². The van der Waals surface area contributed by atoms with Crippen molar-refractivity contribution in [3.63, 3.8) is 0 Å². The van der Waals surface area contributed by atoms with Gasteiger partial charge in [0.15, 0.2) is 5.78 Å². The topological polar surface area (TPSA) is 98.7 Å². The van der Waals surface area contributed by atoms with Gasteiger partial charge < -0.3 is 15.6 Å². The fourth-order valence-corrected chi connectivity index (χ4v) is 5.10. The Morgan fingerprint density at radius 2 is 2.13 bits per heavy atom. The van der Waals surface area contributed by atoms with E-state index in [1.54, 1.807) is 12.5 Å². The molecule has 3 heterocycles. The summed E-state index contributed by atoms with van der Waals surface area (Å²) in [7, 11) is 1.96. The van der Waals surface area contributed by atoms with Crippen molar-refractivity contribution in [3.8, 4) is 0 Å². The van der Waals surface area contributed by atoms with Gasteiger partial charge in [-0.3, -0.25) is 4.79 Å². The highest BCUT2D eigenvalue weighted by Crippen LogP contribution is 2.28. The van der Waals surface area contributed by atoms with Crippen LogP contribution < -0.4 is 11.1 Å². The van der Waals surface area contributed by atoms with Crippen LogP contribution in [0.4, 0.5) is 5.95 Å². The molecule has 1 aliphatic carbocycles. The number of imidazole rings is 1. The number of fused-ring (bicyclic) bond motifs is 2.